The molecule has 5 nitrogen and oxygen atoms in total. The first kappa shape index (κ1) is 19.5. The molecule has 1 fully saturated rings. The molecule has 1 aliphatic rings. The van der Waals surface area contributed by atoms with Gasteiger partial charge in [0, 0.05) is 25.8 Å². The Kier molecular flexibility index (Phi) is 5.86. The van der Waals surface area contributed by atoms with E-state index in [4.69, 9.17) is 0 Å². The van der Waals surface area contributed by atoms with E-state index in [-0.39, 0.29) is 18.4 Å². The highest BCUT2D eigenvalue weighted by Gasteiger charge is 2.35. The SMILES string of the molecule is Cc1ccc(N(C)C(=O)C2CCCN(S(=O)(=O)c3ccc(Br)s3)C2)cc1. The Hall–Kier alpha value is -1.22. The van der Waals surface area contributed by atoms with Gasteiger partial charge in [-0.3, -0.25) is 4.79 Å². The molecule has 1 aromatic heterocycles. The summed E-state index contributed by atoms with van der Waals surface area (Å²) < 4.78 is 28.2. The van der Waals surface area contributed by atoms with Gasteiger partial charge in [-0.05, 0) is 60.0 Å². The number of piperidine rings is 1. The van der Waals surface area contributed by atoms with Crippen molar-refractivity contribution < 1.29 is 13.2 Å². The molecule has 1 amide bonds. The highest BCUT2D eigenvalue weighted by Crippen LogP contribution is 2.31. The molecular weight excluding hydrogens is 436 g/mol. The quantitative estimate of drug-likeness (QED) is 0.700. The highest BCUT2D eigenvalue weighted by molar-refractivity contribution is 9.11. The maximum absolute atomic E-state index is 12.9. The number of amides is 1. The van der Waals surface area contributed by atoms with Gasteiger partial charge in [0.05, 0.1) is 9.70 Å². The minimum absolute atomic E-state index is 0.0406. The fourth-order valence-corrected chi connectivity index (χ4v) is 6.78. The molecule has 1 saturated heterocycles. The molecule has 26 heavy (non-hydrogen) atoms. The third-order valence-corrected chi connectivity index (χ3v) is 8.58. The third kappa shape index (κ3) is 4.03. The second-order valence-corrected chi connectivity index (χ2v) is 11.1. The van der Waals surface area contributed by atoms with Gasteiger partial charge in [0.15, 0.2) is 0 Å². The molecule has 2 heterocycles. The molecule has 0 aliphatic carbocycles. The van der Waals surface area contributed by atoms with Crippen LogP contribution < -0.4 is 4.90 Å². The fourth-order valence-electron chi connectivity index (χ4n) is 3.10. The Labute approximate surface area is 166 Å². The van der Waals surface area contributed by atoms with Crippen molar-refractivity contribution in [2.75, 3.05) is 25.0 Å². The summed E-state index contributed by atoms with van der Waals surface area (Å²) >= 11 is 4.50. The number of aryl methyl sites for hydroxylation is 1. The van der Waals surface area contributed by atoms with Crippen LogP contribution in [0.1, 0.15) is 18.4 Å². The summed E-state index contributed by atoms with van der Waals surface area (Å²) in [5.74, 6) is -0.366. The van der Waals surface area contributed by atoms with Crippen LogP contribution in [0.4, 0.5) is 5.69 Å². The Balaban J connectivity index is 1.75. The first-order chi connectivity index (χ1) is 12.3. The second-order valence-electron chi connectivity index (χ2n) is 6.49. The van der Waals surface area contributed by atoms with Gasteiger partial charge in [-0.1, -0.05) is 17.7 Å². The minimum atomic E-state index is -3.55. The average Bonchev–Trinajstić information content (AvgIpc) is 3.08. The Bertz CT molecular complexity index is 893. The minimum Gasteiger partial charge on any atom is -0.315 e. The molecule has 0 bridgehead atoms. The Morgan fingerprint density at radius 2 is 1.92 bits per heavy atom. The number of sulfonamides is 1. The van der Waals surface area contributed by atoms with E-state index in [0.29, 0.717) is 23.6 Å². The molecule has 0 N–H and O–H groups in total. The van der Waals surface area contributed by atoms with Crippen LogP contribution in [-0.4, -0.2) is 38.8 Å². The van der Waals surface area contributed by atoms with Gasteiger partial charge >= 0.3 is 0 Å². The first-order valence-corrected chi connectivity index (χ1v) is 11.4. The van der Waals surface area contributed by atoms with Crippen LogP contribution in [0.2, 0.25) is 0 Å². The van der Waals surface area contributed by atoms with Crippen LogP contribution in [0.25, 0.3) is 0 Å². The molecule has 1 aromatic carbocycles. The van der Waals surface area contributed by atoms with Crippen molar-refractivity contribution in [3.05, 3.63) is 45.7 Å². The van der Waals surface area contributed by atoms with Crippen molar-refractivity contribution in [3.63, 3.8) is 0 Å². The fraction of sp³-hybridized carbons (Fsp3) is 0.389. The number of carbonyl (C=O) groups is 1. The number of benzene rings is 1. The zero-order valence-electron chi connectivity index (χ0n) is 14.7. The topological polar surface area (TPSA) is 57.7 Å². The van der Waals surface area contributed by atoms with Crippen molar-refractivity contribution in [1.29, 1.82) is 0 Å². The van der Waals surface area contributed by atoms with Crippen molar-refractivity contribution in [1.82, 2.24) is 4.31 Å². The summed E-state index contributed by atoms with van der Waals surface area (Å²) in [6.45, 7) is 2.68. The van der Waals surface area contributed by atoms with Crippen LogP contribution >= 0.6 is 27.3 Å². The summed E-state index contributed by atoms with van der Waals surface area (Å²) in [4.78, 5) is 14.5. The van der Waals surface area contributed by atoms with E-state index >= 15 is 0 Å². The van der Waals surface area contributed by atoms with Gasteiger partial charge in [0.25, 0.3) is 10.0 Å². The number of hydrogen-bond acceptors (Lipinski definition) is 4. The Morgan fingerprint density at radius 3 is 2.54 bits per heavy atom. The van der Waals surface area contributed by atoms with Crippen LogP contribution in [0.5, 0.6) is 0 Å². The largest absolute Gasteiger partial charge is 0.315 e. The third-order valence-electron chi connectivity index (χ3n) is 4.63. The number of rotatable bonds is 4. The van der Waals surface area contributed by atoms with Gasteiger partial charge in [-0.2, -0.15) is 4.31 Å². The maximum atomic E-state index is 12.9. The van der Waals surface area contributed by atoms with E-state index in [1.807, 2.05) is 31.2 Å². The van der Waals surface area contributed by atoms with Gasteiger partial charge in [0.2, 0.25) is 5.91 Å². The molecule has 8 heteroatoms. The van der Waals surface area contributed by atoms with E-state index in [2.05, 4.69) is 15.9 Å². The van der Waals surface area contributed by atoms with Crippen LogP contribution in [-0.2, 0) is 14.8 Å². The van der Waals surface area contributed by atoms with E-state index < -0.39 is 10.0 Å². The number of nitrogens with zero attached hydrogens (tertiary/aromatic N) is 2. The molecule has 1 unspecified atom stereocenters. The lowest BCUT2D eigenvalue weighted by Crippen LogP contribution is -2.45. The van der Waals surface area contributed by atoms with E-state index in [9.17, 15) is 13.2 Å². The molecule has 140 valence electrons. The summed E-state index contributed by atoms with van der Waals surface area (Å²) in [6, 6.07) is 11.1. The number of halogens is 1. The predicted octanol–water partition coefficient (Wildman–Crippen LogP) is 3.88. The van der Waals surface area contributed by atoms with E-state index in [1.54, 1.807) is 24.1 Å². The molecular formula is C18H21BrN2O3S2. The van der Waals surface area contributed by atoms with Crippen LogP contribution in [0.3, 0.4) is 0 Å². The zero-order chi connectivity index (χ0) is 18.9. The van der Waals surface area contributed by atoms with Gasteiger partial charge in [0.1, 0.15) is 4.21 Å². The molecule has 0 radical (unpaired) electrons. The van der Waals surface area contributed by atoms with Crippen LogP contribution in [0.15, 0.2) is 44.4 Å². The first-order valence-electron chi connectivity index (χ1n) is 8.39. The molecule has 1 atom stereocenters. The number of thiophene rings is 1. The van der Waals surface area contributed by atoms with Crippen molar-refractivity contribution in [3.8, 4) is 0 Å². The molecule has 3 rings (SSSR count). The van der Waals surface area contributed by atoms with E-state index in [1.165, 1.54) is 15.6 Å². The maximum Gasteiger partial charge on any atom is 0.252 e. The number of hydrogen-bond donors (Lipinski definition) is 0. The van der Waals surface area contributed by atoms with Crippen molar-refractivity contribution >= 4 is 48.9 Å². The number of anilines is 1. The normalized spacial score (nSPS) is 18.7. The summed E-state index contributed by atoms with van der Waals surface area (Å²) in [6.07, 6.45) is 1.39. The number of carbonyl (C=O) groups excluding carboxylic acids is 1. The molecule has 0 saturated carbocycles. The lowest BCUT2D eigenvalue weighted by Gasteiger charge is -2.33. The second kappa shape index (κ2) is 7.80. The standard InChI is InChI=1S/C18H21BrN2O3S2/c1-13-5-7-15(8-6-13)20(2)18(22)14-4-3-11-21(12-14)26(23,24)17-10-9-16(19)25-17/h5-10,14H,3-4,11-12H2,1-2H3. The van der Waals surface area contributed by atoms with Gasteiger partial charge < -0.3 is 4.90 Å². The van der Waals surface area contributed by atoms with E-state index in [0.717, 1.165) is 15.0 Å². The lowest BCUT2D eigenvalue weighted by molar-refractivity contribution is -0.123. The Morgan fingerprint density at radius 1 is 1.23 bits per heavy atom. The van der Waals surface area contributed by atoms with Crippen molar-refractivity contribution in [2.24, 2.45) is 5.92 Å². The van der Waals surface area contributed by atoms with Gasteiger partial charge in [-0.15, -0.1) is 11.3 Å². The molecule has 0 spiro atoms. The lowest BCUT2D eigenvalue weighted by atomic mass is 9.98. The average molecular weight is 457 g/mol. The summed E-state index contributed by atoms with van der Waals surface area (Å²) in [5.41, 5.74) is 1.95. The van der Waals surface area contributed by atoms with Gasteiger partial charge in [-0.25, -0.2) is 8.42 Å². The molecule has 1 aliphatic heterocycles. The highest BCUT2D eigenvalue weighted by atomic mass is 79.9. The molecule has 2 aromatic rings. The van der Waals surface area contributed by atoms with Crippen molar-refractivity contribution in [2.45, 2.75) is 24.0 Å². The summed E-state index contributed by atoms with van der Waals surface area (Å²) in [5, 5.41) is 0. The zero-order valence-corrected chi connectivity index (χ0v) is 17.9. The summed E-state index contributed by atoms with van der Waals surface area (Å²) in [7, 11) is -1.81. The van der Waals surface area contributed by atoms with Crippen LogP contribution in [0, 0.1) is 12.8 Å². The predicted molar refractivity (Wildman–Crippen MR) is 108 cm³/mol. The monoisotopic (exact) mass is 456 g/mol. The smallest absolute Gasteiger partial charge is 0.252 e.